The summed E-state index contributed by atoms with van der Waals surface area (Å²) in [7, 11) is 1.64. The van der Waals surface area contributed by atoms with Gasteiger partial charge < -0.3 is 19.5 Å². The number of ether oxygens (including phenoxy) is 3. The molecule has 1 aromatic carbocycles. The fraction of sp³-hybridized carbons (Fsp3) is 0.357. The van der Waals surface area contributed by atoms with E-state index in [0.717, 1.165) is 42.3 Å². The van der Waals surface area contributed by atoms with Crippen molar-refractivity contribution in [2.45, 2.75) is 13.0 Å². The molecule has 0 fully saturated rings. The van der Waals surface area contributed by atoms with Crippen molar-refractivity contribution in [2.75, 3.05) is 20.4 Å². The van der Waals surface area contributed by atoms with Crippen LogP contribution in [-0.4, -0.2) is 25.4 Å². The van der Waals surface area contributed by atoms with E-state index in [-0.39, 0.29) is 6.79 Å². The number of hydrogen-bond donors (Lipinski definition) is 1. The molecule has 0 aliphatic carbocycles. The summed E-state index contributed by atoms with van der Waals surface area (Å²) in [4.78, 5) is 4.26. The zero-order chi connectivity index (χ0) is 13.8. The molecule has 2 heterocycles. The normalized spacial score (nSPS) is 12.7. The Morgan fingerprint density at radius 1 is 1.40 bits per heavy atom. The minimum absolute atomic E-state index is 0.256. The van der Waals surface area contributed by atoms with Crippen LogP contribution in [0.25, 0.3) is 0 Å². The summed E-state index contributed by atoms with van der Waals surface area (Å²) in [6.45, 7) is 1.91. The molecule has 6 heteroatoms. The molecule has 5 nitrogen and oxygen atoms in total. The summed E-state index contributed by atoms with van der Waals surface area (Å²) < 4.78 is 16.1. The second-order valence-electron chi connectivity index (χ2n) is 4.44. The Balaban J connectivity index is 1.57. The smallest absolute Gasteiger partial charge is 0.231 e. The number of rotatable bonds is 6. The molecule has 2 aromatic rings. The average molecular weight is 292 g/mol. The molecule has 1 aliphatic heterocycles. The number of aromatic nitrogens is 1. The van der Waals surface area contributed by atoms with Crippen LogP contribution in [0.3, 0.4) is 0 Å². The van der Waals surface area contributed by atoms with Gasteiger partial charge in [-0.25, -0.2) is 4.98 Å². The zero-order valence-electron chi connectivity index (χ0n) is 11.2. The molecule has 0 spiro atoms. The zero-order valence-corrected chi connectivity index (χ0v) is 12.0. The first kappa shape index (κ1) is 13.2. The number of fused-ring (bicyclic) bond motifs is 1. The monoisotopic (exact) mass is 292 g/mol. The second kappa shape index (κ2) is 6.11. The number of nitrogens with zero attached hydrogens (tertiary/aromatic N) is 1. The van der Waals surface area contributed by atoms with Crippen molar-refractivity contribution in [3.05, 3.63) is 34.3 Å². The molecule has 1 N–H and O–H groups in total. The van der Waals surface area contributed by atoms with Gasteiger partial charge in [0.2, 0.25) is 12.5 Å². The van der Waals surface area contributed by atoms with Crippen LogP contribution in [0, 0.1) is 0 Å². The summed E-state index contributed by atoms with van der Waals surface area (Å²) in [5, 5.41) is 5.47. The van der Waals surface area contributed by atoms with E-state index >= 15 is 0 Å². The van der Waals surface area contributed by atoms with Crippen LogP contribution in [0.4, 0.5) is 0 Å². The molecular formula is C14H16N2O3S. The Morgan fingerprint density at radius 3 is 3.15 bits per heavy atom. The van der Waals surface area contributed by atoms with Crippen LogP contribution in [0.15, 0.2) is 23.0 Å². The van der Waals surface area contributed by atoms with E-state index in [1.165, 1.54) is 0 Å². The Morgan fingerprint density at radius 2 is 2.35 bits per heavy atom. The molecule has 0 saturated heterocycles. The molecule has 0 radical (unpaired) electrons. The van der Waals surface area contributed by atoms with Crippen LogP contribution in [0.2, 0.25) is 0 Å². The molecule has 3 rings (SSSR count). The average Bonchev–Trinajstić information content (AvgIpc) is 3.13. The van der Waals surface area contributed by atoms with Crippen molar-refractivity contribution in [3.8, 4) is 17.2 Å². The van der Waals surface area contributed by atoms with Crippen molar-refractivity contribution in [2.24, 2.45) is 0 Å². The summed E-state index contributed by atoms with van der Waals surface area (Å²) in [5.74, 6) is 2.16. The van der Waals surface area contributed by atoms with Crippen LogP contribution in [0.5, 0.6) is 17.2 Å². The van der Waals surface area contributed by atoms with Gasteiger partial charge >= 0.3 is 0 Å². The van der Waals surface area contributed by atoms with Crippen LogP contribution >= 0.6 is 11.3 Å². The lowest BCUT2D eigenvalue weighted by atomic mass is 10.2. The van der Waals surface area contributed by atoms with Gasteiger partial charge in [-0.2, -0.15) is 0 Å². The number of methoxy groups -OCH3 is 1. The van der Waals surface area contributed by atoms with Crippen molar-refractivity contribution < 1.29 is 14.2 Å². The lowest BCUT2D eigenvalue weighted by Crippen LogP contribution is -2.16. The van der Waals surface area contributed by atoms with Gasteiger partial charge in [0.15, 0.2) is 11.5 Å². The van der Waals surface area contributed by atoms with E-state index in [4.69, 9.17) is 14.2 Å². The molecule has 0 bridgehead atoms. The second-order valence-corrected chi connectivity index (χ2v) is 5.16. The van der Waals surface area contributed by atoms with Crippen molar-refractivity contribution in [1.29, 1.82) is 0 Å². The fourth-order valence-corrected chi connectivity index (χ4v) is 2.69. The Kier molecular flexibility index (Phi) is 4.03. The largest absolute Gasteiger partial charge is 0.493 e. The Hall–Kier alpha value is -1.79. The number of thiazole rings is 1. The van der Waals surface area contributed by atoms with E-state index in [1.807, 2.05) is 17.6 Å². The van der Waals surface area contributed by atoms with Crippen molar-refractivity contribution in [1.82, 2.24) is 10.3 Å². The SMILES string of the molecule is COc1cc(CNCCc2cscn2)cc2c1OCO2. The third-order valence-corrected chi connectivity index (χ3v) is 3.72. The van der Waals surface area contributed by atoms with Crippen molar-refractivity contribution in [3.63, 3.8) is 0 Å². The van der Waals surface area contributed by atoms with Crippen molar-refractivity contribution >= 4 is 11.3 Å². The maximum atomic E-state index is 5.41. The molecule has 0 atom stereocenters. The first-order valence-corrected chi connectivity index (χ1v) is 7.35. The van der Waals surface area contributed by atoms with Crippen LogP contribution in [-0.2, 0) is 13.0 Å². The molecule has 106 valence electrons. The summed E-state index contributed by atoms with van der Waals surface area (Å²) in [5.41, 5.74) is 4.10. The molecule has 0 saturated carbocycles. The molecule has 1 aliphatic rings. The fourth-order valence-electron chi connectivity index (χ4n) is 2.10. The van der Waals surface area contributed by atoms with E-state index in [1.54, 1.807) is 18.4 Å². The molecule has 1 aromatic heterocycles. The topological polar surface area (TPSA) is 52.6 Å². The number of nitrogens with one attached hydrogen (secondary N) is 1. The molecule has 0 amide bonds. The maximum absolute atomic E-state index is 5.41. The van der Waals surface area contributed by atoms with Gasteiger partial charge in [-0.3, -0.25) is 0 Å². The third kappa shape index (κ3) is 2.86. The van der Waals surface area contributed by atoms with Gasteiger partial charge in [-0.1, -0.05) is 0 Å². The summed E-state index contributed by atoms with van der Waals surface area (Å²) >= 11 is 1.63. The lowest BCUT2D eigenvalue weighted by Gasteiger charge is -2.09. The predicted octanol–water partition coefficient (Wildman–Crippen LogP) is 2.21. The third-order valence-electron chi connectivity index (χ3n) is 3.09. The van der Waals surface area contributed by atoms with Gasteiger partial charge in [-0.15, -0.1) is 11.3 Å². The van der Waals surface area contributed by atoms with Gasteiger partial charge in [0, 0.05) is 24.9 Å². The highest BCUT2D eigenvalue weighted by Gasteiger charge is 2.19. The summed E-state index contributed by atoms with van der Waals surface area (Å²) in [6.07, 6.45) is 0.936. The maximum Gasteiger partial charge on any atom is 0.231 e. The highest BCUT2D eigenvalue weighted by Crippen LogP contribution is 2.41. The Labute approximate surface area is 121 Å². The quantitative estimate of drug-likeness (QED) is 0.827. The number of hydrogen-bond acceptors (Lipinski definition) is 6. The Bertz CT molecular complexity index is 572. The first-order chi connectivity index (χ1) is 9.86. The number of benzene rings is 1. The van der Waals surface area contributed by atoms with Crippen LogP contribution < -0.4 is 19.5 Å². The summed E-state index contributed by atoms with van der Waals surface area (Å²) in [6, 6.07) is 3.96. The van der Waals surface area contributed by atoms with Gasteiger partial charge in [0.1, 0.15) is 0 Å². The highest BCUT2D eigenvalue weighted by atomic mass is 32.1. The van der Waals surface area contributed by atoms with Gasteiger partial charge in [0.05, 0.1) is 18.3 Å². The minimum Gasteiger partial charge on any atom is -0.493 e. The van der Waals surface area contributed by atoms with Gasteiger partial charge in [-0.05, 0) is 17.7 Å². The van der Waals surface area contributed by atoms with Crippen LogP contribution in [0.1, 0.15) is 11.3 Å². The van der Waals surface area contributed by atoms with E-state index in [2.05, 4.69) is 15.7 Å². The standard InChI is InChI=1S/C14H16N2O3S/c1-17-12-4-10(5-13-14(12)19-9-18-13)6-15-3-2-11-7-20-8-16-11/h4-5,7-8,15H,2-3,6,9H2,1H3. The van der Waals surface area contributed by atoms with E-state index < -0.39 is 0 Å². The lowest BCUT2D eigenvalue weighted by molar-refractivity contribution is 0.171. The molecule has 20 heavy (non-hydrogen) atoms. The first-order valence-electron chi connectivity index (χ1n) is 6.41. The minimum atomic E-state index is 0.256. The van der Waals surface area contributed by atoms with E-state index in [9.17, 15) is 0 Å². The highest BCUT2D eigenvalue weighted by molar-refractivity contribution is 7.07. The van der Waals surface area contributed by atoms with E-state index in [0.29, 0.717) is 5.75 Å². The predicted molar refractivity (Wildman–Crippen MR) is 76.6 cm³/mol. The molecular weight excluding hydrogens is 276 g/mol. The van der Waals surface area contributed by atoms with Gasteiger partial charge in [0.25, 0.3) is 0 Å². The molecule has 0 unspecified atom stereocenters.